The van der Waals surface area contributed by atoms with Crippen LogP contribution in [0.4, 0.5) is 13.2 Å². The molecule has 0 bridgehead atoms. The van der Waals surface area contributed by atoms with Crippen LogP contribution in [0.15, 0.2) is 78.4 Å². The summed E-state index contributed by atoms with van der Waals surface area (Å²) in [5.74, 6) is -0.288. The Bertz CT molecular complexity index is 1540. The van der Waals surface area contributed by atoms with Crippen molar-refractivity contribution in [2.45, 2.75) is 65.0 Å². The van der Waals surface area contributed by atoms with E-state index >= 15 is 0 Å². The number of nitrogens with zero attached hydrogens (tertiary/aromatic N) is 5. The fourth-order valence-corrected chi connectivity index (χ4v) is 5.43. The zero-order chi connectivity index (χ0) is 31.0. The van der Waals surface area contributed by atoms with Crippen molar-refractivity contribution in [1.82, 2.24) is 19.8 Å². The molecule has 1 amide bonds. The Morgan fingerprint density at radius 1 is 0.907 bits per heavy atom. The highest BCUT2D eigenvalue weighted by Gasteiger charge is 2.30. The minimum absolute atomic E-state index is 0.00176. The fourth-order valence-electron chi connectivity index (χ4n) is 4.62. The molecular formula is C33H34F3N5OS. The number of alkyl halides is 3. The summed E-state index contributed by atoms with van der Waals surface area (Å²) < 4.78 is 40.2. The molecule has 0 atom stereocenters. The molecule has 0 unspecified atom stereocenters. The van der Waals surface area contributed by atoms with Crippen molar-refractivity contribution in [3.05, 3.63) is 117 Å². The number of halogens is 3. The predicted octanol–water partition coefficient (Wildman–Crippen LogP) is 7.61. The van der Waals surface area contributed by atoms with Gasteiger partial charge in [0.2, 0.25) is 0 Å². The molecule has 0 spiro atoms. The van der Waals surface area contributed by atoms with Gasteiger partial charge >= 0.3 is 6.18 Å². The molecule has 43 heavy (non-hydrogen) atoms. The third kappa shape index (κ3) is 9.21. The Morgan fingerprint density at radius 3 is 2.28 bits per heavy atom. The van der Waals surface area contributed by atoms with E-state index in [1.54, 1.807) is 34.8 Å². The van der Waals surface area contributed by atoms with Gasteiger partial charge < -0.3 is 4.90 Å². The summed E-state index contributed by atoms with van der Waals surface area (Å²) in [4.78, 5) is 25.7. The number of carbonyl (C=O) groups excluding carboxylic acids is 1. The van der Waals surface area contributed by atoms with Gasteiger partial charge in [0, 0.05) is 44.0 Å². The summed E-state index contributed by atoms with van der Waals surface area (Å²) >= 11 is 1.33. The van der Waals surface area contributed by atoms with E-state index < -0.39 is 11.7 Å². The predicted molar refractivity (Wildman–Crippen MR) is 161 cm³/mol. The maximum Gasteiger partial charge on any atom is 0.416 e. The number of benzene rings is 2. The Morgan fingerprint density at radius 2 is 1.63 bits per heavy atom. The molecule has 2 heterocycles. The van der Waals surface area contributed by atoms with E-state index in [9.17, 15) is 18.0 Å². The average Bonchev–Trinajstić information content (AvgIpc) is 3.43. The number of thiazole rings is 1. The van der Waals surface area contributed by atoms with Gasteiger partial charge in [0.25, 0.3) is 5.91 Å². The van der Waals surface area contributed by atoms with E-state index in [2.05, 4.69) is 48.9 Å². The Kier molecular flexibility index (Phi) is 10.3. The molecule has 0 aliphatic carbocycles. The highest BCUT2D eigenvalue weighted by molar-refractivity contribution is 7.09. The standard InChI is InChI=1S/C33H34F3N5OS/c1-32(2,3)27-12-10-24(11-13-27)19-40(20-25-7-4-9-28(17-25)33(34,35)36)22-30-39-29(23-43-30)31(42)41(16-6-14-37)21-26-8-5-15-38-18-26/h4-5,7-13,15,17-18,23H,6,16,19-22H2,1-3H3. The first-order valence-corrected chi connectivity index (χ1v) is 14.8. The second kappa shape index (κ2) is 13.9. The van der Waals surface area contributed by atoms with Crippen molar-refractivity contribution < 1.29 is 18.0 Å². The lowest BCUT2D eigenvalue weighted by Gasteiger charge is -2.23. The lowest BCUT2D eigenvalue weighted by atomic mass is 9.87. The van der Waals surface area contributed by atoms with Crippen LogP contribution in [0.1, 0.15) is 70.5 Å². The van der Waals surface area contributed by atoms with Crippen LogP contribution in [-0.4, -0.2) is 32.2 Å². The summed E-state index contributed by atoms with van der Waals surface area (Å²) in [6.07, 6.45) is -0.913. The number of carbonyl (C=O) groups is 1. The first-order valence-electron chi connectivity index (χ1n) is 13.9. The van der Waals surface area contributed by atoms with Gasteiger partial charge in [-0.25, -0.2) is 4.98 Å². The number of pyridine rings is 1. The fraction of sp³-hybridized carbons (Fsp3) is 0.333. The molecule has 0 fully saturated rings. The first-order chi connectivity index (χ1) is 20.4. The molecule has 0 N–H and O–H groups in total. The maximum absolute atomic E-state index is 13.4. The number of hydrogen-bond acceptors (Lipinski definition) is 6. The largest absolute Gasteiger partial charge is 0.416 e. The number of hydrogen-bond donors (Lipinski definition) is 0. The lowest BCUT2D eigenvalue weighted by Crippen LogP contribution is -2.31. The van der Waals surface area contributed by atoms with Gasteiger partial charge in [-0.15, -0.1) is 11.3 Å². The van der Waals surface area contributed by atoms with Crippen molar-refractivity contribution >= 4 is 17.2 Å². The van der Waals surface area contributed by atoms with Crippen LogP contribution in [0, 0.1) is 11.3 Å². The average molecular weight is 606 g/mol. The van der Waals surface area contributed by atoms with E-state index in [1.807, 2.05) is 23.1 Å². The molecule has 10 heteroatoms. The molecule has 4 aromatic rings. The van der Waals surface area contributed by atoms with Gasteiger partial charge in [-0.3, -0.25) is 14.7 Å². The van der Waals surface area contributed by atoms with Crippen molar-refractivity contribution in [3.8, 4) is 6.07 Å². The summed E-state index contributed by atoms with van der Waals surface area (Å²) in [6, 6.07) is 19.4. The van der Waals surface area contributed by atoms with E-state index in [4.69, 9.17) is 5.26 Å². The van der Waals surface area contributed by atoms with Crippen molar-refractivity contribution in [2.75, 3.05) is 6.54 Å². The van der Waals surface area contributed by atoms with Crippen LogP contribution in [0.2, 0.25) is 0 Å². The third-order valence-corrected chi connectivity index (χ3v) is 7.73. The van der Waals surface area contributed by atoms with Crippen molar-refractivity contribution in [3.63, 3.8) is 0 Å². The normalized spacial score (nSPS) is 11.9. The number of aromatic nitrogens is 2. The zero-order valence-corrected chi connectivity index (χ0v) is 25.3. The highest BCUT2D eigenvalue weighted by Crippen LogP contribution is 2.30. The minimum Gasteiger partial charge on any atom is -0.332 e. The monoisotopic (exact) mass is 605 g/mol. The van der Waals surface area contributed by atoms with Crippen LogP contribution in [0.3, 0.4) is 0 Å². The van der Waals surface area contributed by atoms with E-state index in [0.717, 1.165) is 17.2 Å². The third-order valence-electron chi connectivity index (χ3n) is 6.89. The van der Waals surface area contributed by atoms with Crippen LogP contribution in [0.5, 0.6) is 0 Å². The van der Waals surface area contributed by atoms with Crippen LogP contribution >= 0.6 is 11.3 Å². The second-order valence-corrected chi connectivity index (χ2v) is 12.4. The van der Waals surface area contributed by atoms with E-state index in [0.29, 0.717) is 30.2 Å². The van der Waals surface area contributed by atoms with E-state index in [-0.39, 0.29) is 36.5 Å². The highest BCUT2D eigenvalue weighted by atomic mass is 32.1. The maximum atomic E-state index is 13.4. The summed E-state index contributed by atoms with van der Waals surface area (Å²) in [6.45, 7) is 8.07. The molecule has 6 nitrogen and oxygen atoms in total. The molecule has 4 rings (SSSR count). The van der Waals surface area contributed by atoms with Gasteiger partial charge in [-0.1, -0.05) is 69.3 Å². The van der Waals surface area contributed by atoms with Gasteiger partial charge in [0.15, 0.2) is 0 Å². The van der Waals surface area contributed by atoms with Crippen molar-refractivity contribution in [2.24, 2.45) is 0 Å². The van der Waals surface area contributed by atoms with Crippen LogP contribution in [-0.2, 0) is 37.8 Å². The first kappa shape index (κ1) is 31.9. The van der Waals surface area contributed by atoms with Gasteiger partial charge in [-0.2, -0.15) is 18.4 Å². The zero-order valence-electron chi connectivity index (χ0n) is 24.4. The molecule has 0 radical (unpaired) electrons. The molecule has 0 saturated carbocycles. The summed E-state index contributed by atoms with van der Waals surface area (Å²) in [7, 11) is 0. The Labute approximate surface area is 254 Å². The van der Waals surface area contributed by atoms with Gasteiger partial charge in [0.1, 0.15) is 10.7 Å². The van der Waals surface area contributed by atoms with Crippen LogP contribution < -0.4 is 0 Å². The molecule has 0 saturated heterocycles. The number of amides is 1. The smallest absolute Gasteiger partial charge is 0.332 e. The lowest BCUT2D eigenvalue weighted by molar-refractivity contribution is -0.137. The topological polar surface area (TPSA) is 73.1 Å². The minimum atomic E-state index is -4.43. The molecule has 0 aliphatic rings. The second-order valence-electron chi connectivity index (χ2n) is 11.4. The molecular weight excluding hydrogens is 571 g/mol. The summed E-state index contributed by atoms with van der Waals surface area (Å²) in [5.41, 5.74) is 3.17. The number of rotatable bonds is 11. The van der Waals surface area contributed by atoms with E-state index in [1.165, 1.54) is 29.0 Å². The van der Waals surface area contributed by atoms with Gasteiger partial charge in [-0.05, 0) is 39.8 Å². The summed E-state index contributed by atoms with van der Waals surface area (Å²) in [5, 5.41) is 11.5. The number of nitriles is 1. The molecule has 2 aromatic heterocycles. The SMILES string of the molecule is CC(C)(C)c1ccc(CN(Cc2cccc(C(F)(F)F)c2)Cc2nc(C(=O)N(CCC#N)Cc3cccnc3)cs2)cc1. The molecule has 224 valence electrons. The van der Waals surface area contributed by atoms with Gasteiger partial charge in [0.05, 0.1) is 24.6 Å². The quantitative estimate of drug-likeness (QED) is 0.176. The van der Waals surface area contributed by atoms with Crippen molar-refractivity contribution in [1.29, 1.82) is 5.26 Å². The molecule has 0 aliphatic heterocycles. The Balaban J connectivity index is 1.55. The van der Waals surface area contributed by atoms with Crippen LogP contribution in [0.25, 0.3) is 0 Å². The Hall–Kier alpha value is -4.07. The molecule has 2 aromatic carbocycles.